The van der Waals surface area contributed by atoms with Crippen LogP contribution >= 0.6 is 0 Å². The predicted molar refractivity (Wildman–Crippen MR) is 137 cm³/mol. The van der Waals surface area contributed by atoms with Crippen LogP contribution in [0.15, 0.2) is 47.3 Å². The van der Waals surface area contributed by atoms with Gasteiger partial charge < -0.3 is 9.72 Å². The van der Waals surface area contributed by atoms with Gasteiger partial charge in [0.1, 0.15) is 0 Å². The van der Waals surface area contributed by atoms with E-state index in [2.05, 4.69) is 83.4 Å². The molecule has 184 valence electrons. The largest absolute Gasteiger partial charge is 0.383 e. The molecular formula is C27H34N6O2. The lowest BCUT2D eigenvalue weighted by atomic mass is 10.0. The van der Waals surface area contributed by atoms with Gasteiger partial charge in [-0.05, 0) is 77.9 Å². The van der Waals surface area contributed by atoms with Gasteiger partial charge in [-0.25, -0.2) is 4.68 Å². The molecule has 0 aliphatic rings. The molecule has 4 rings (SSSR count). The van der Waals surface area contributed by atoms with Gasteiger partial charge in [-0.3, -0.25) is 9.69 Å². The summed E-state index contributed by atoms with van der Waals surface area (Å²) in [7, 11) is 1.67. The molecule has 4 aromatic rings. The Hall–Kier alpha value is -3.36. The fourth-order valence-corrected chi connectivity index (χ4v) is 4.45. The molecule has 8 heteroatoms. The van der Waals surface area contributed by atoms with Crippen LogP contribution in [0.1, 0.15) is 53.0 Å². The third kappa shape index (κ3) is 5.66. The van der Waals surface area contributed by atoms with E-state index < -0.39 is 0 Å². The molecule has 0 saturated carbocycles. The van der Waals surface area contributed by atoms with Gasteiger partial charge in [0.2, 0.25) is 0 Å². The number of hydrogen-bond donors (Lipinski definition) is 1. The summed E-state index contributed by atoms with van der Waals surface area (Å²) in [5, 5.41) is 13.5. The van der Waals surface area contributed by atoms with Gasteiger partial charge in [0.05, 0.1) is 19.2 Å². The second-order valence-corrected chi connectivity index (χ2v) is 9.22. The number of hydrogen-bond acceptors (Lipinski definition) is 6. The number of H-pyrrole nitrogens is 1. The molecule has 2 aromatic heterocycles. The number of nitrogens with zero attached hydrogens (tertiary/aromatic N) is 5. The average molecular weight is 475 g/mol. The van der Waals surface area contributed by atoms with Crippen LogP contribution in [0, 0.1) is 20.8 Å². The molecule has 1 N–H and O–H groups in total. The van der Waals surface area contributed by atoms with Gasteiger partial charge in [-0.15, -0.1) is 5.10 Å². The lowest BCUT2D eigenvalue weighted by Gasteiger charge is -2.30. The highest BCUT2D eigenvalue weighted by molar-refractivity contribution is 5.80. The number of aryl methyl sites for hydroxylation is 3. The van der Waals surface area contributed by atoms with Crippen molar-refractivity contribution in [3.63, 3.8) is 0 Å². The standard InChI is InChI=1S/C27H34N6O2/c1-6-25(26-29-30-31-33(26)11-12-35-5)32(16-21-9-7-18(2)8-10-21)17-23-15-22-13-19(3)20(4)14-24(22)28-27(23)34/h7-10,13-15,25H,6,11-12,16-17H2,1-5H3,(H,28,34)/t25-/m1/s1. The Bertz CT molecular complexity index is 1340. The van der Waals surface area contributed by atoms with Crippen molar-refractivity contribution in [1.82, 2.24) is 30.1 Å². The van der Waals surface area contributed by atoms with Gasteiger partial charge in [0.15, 0.2) is 5.82 Å². The number of pyridine rings is 1. The first kappa shape index (κ1) is 24.8. The first-order valence-electron chi connectivity index (χ1n) is 12.1. The van der Waals surface area contributed by atoms with Crippen LogP contribution in [0.4, 0.5) is 0 Å². The number of tetrazole rings is 1. The van der Waals surface area contributed by atoms with Crippen LogP contribution in [-0.2, 0) is 24.4 Å². The lowest BCUT2D eigenvalue weighted by Crippen LogP contribution is -2.32. The van der Waals surface area contributed by atoms with Crippen molar-refractivity contribution in [3.8, 4) is 0 Å². The summed E-state index contributed by atoms with van der Waals surface area (Å²) < 4.78 is 7.05. The average Bonchev–Trinajstić information content (AvgIpc) is 3.29. The van der Waals surface area contributed by atoms with E-state index in [9.17, 15) is 4.79 Å². The third-order valence-corrected chi connectivity index (χ3v) is 6.61. The van der Waals surface area contributed by atoms with Gasteiger partial charge in [0, 0.05) is 31.3 Å². The zero-order valence-electron chi connectivity index (χ0n) is 21.2. The maximum Gasteiger partial charge on any atom is 0.252 e. The Morgan fingerprint density at radius 3 is 2.51 bits per heavy atom. The number of benzene rings is 2. The number of ether oxygens (including phenoxy) is 1. The Morgan fingerprint density at radius 2 is 1.80 bits per heavy atom. The Kier molecular flexibility index (Phi) is 7.73. The van der Waals surface area contributed by atoms with Crippen molar-refractivity contribution in [1.29, 1.82) is 0 Å². The first-order chi connectivity index (χ1) is 16.9. The van der Waals surface area contributed by atoms with Crippen LogP contribution in [0.25, 0.3) is 10.9 Å². The molecule has 0 saturated heterocycles. The molecule has 8 nitrogen and oxygen atoms in total. The number of fused-ring (bicyclic) bond motifs is 1. The maximum atomic E-state index is 13.1. The van der Waals surface area contributed by atoms with Gasteiger partial charge in [0.25, 0.3) is 5.56 Å². The molecule has 0 radical (unpaired) electrons. The Morgan fingerprint density at radius 1 is 1.06 bits per heavy atom. The van der Waals surface area contributed by atoms with Crippen LogP contribution in [0.3, 0.4) is 0 Å². The summed E-state index contributed by atoms with van der Waals surface area (Å²) in [6, 6.07) is 14.6. The van der Waals surface area contributed by atoms with Crippen molar-refractivity contribution in [2.45, 2.75) is 59.8 Å². The normalized spacial score (nSPS) is 12.5. The fourth-order valence-electron chi connectivity index (χ4n) is 4.45. The van der Waals surface area contributed by atoms with E-state index in [-0.39, 0.29) is 11.6 Å². The number of aromatic nitrogens is 5. The fraction of sp³-hybridized carbons (Fsp3) is 0.407. The SMILES string of the molecule is CC[C@H](c1nnnn1CCOC)N(Cc1ccc(C)cc1)Cc1cc2cc(C)c(C)cc2[nH]c1=O. The maximum absolute atomic E-state index is 13.1. The molecule has 0 fully saturated rings. The van der Waals surface area contributed by atoms with Crippen molar-refractivity contribution in [3.05, 3.63) is 86.5 Å². The van der Waals surface area contributed by atoms with E-state index in [0.717, 1.165) is 34.3 Å². The van der Waals surface area contributed by atoms with Crippen molar-refractivity contribution >= 4 is 10.9 Å². The molecule has 0 spiro atoms. The smallest absolute Gasteiger partial charge is 0.252 e. The second kappa shape index (κ2) is 10.9. The number of nitrogens with one attached hydrogen (secondary N) is 1. The van der Waals surface area contributed by atoms with Crippen LogP contribution in [0.5, 0.6) is 0 Å². The van der Waals surface area contributed by atoms with E-state index in [4.69, 9.17) is 4.74 Å². The van der Waals surface area contributed by atoms with Crippen molar-refractivity contribution in [2.24, 2.45) is 0 Å². The quantitative estimate of drug-likeness (QED) is 0.370. The Balaban J connectivity index is 1.73. The van der Waals surface area contributed by atoms with Gasteiger partial charge >= 0.3 is 0 Å². The number of rotatable bonds is 10. The molecule has 0 aliphatic heterocycles. The van der Waals surface area contributed by atoms with E-state index in [0.29, 0.717) is 26.2 Å². The topological polar surface area (TPSA) is 88.9 Å². The minimum atomic E-state index is -0.0713. The summed E-state index contributed by atoms with van der Waals surface area (Å²) in [4.78, 5) is 18.5. The molecule has 35 heavy (non-hydrogen) atoms. The van der Waals surface area contributed by atoms with Gasteiger partial charge in [-0.1, -0.05) is 36.8 Å². The van der Waals surface area contributed by atoms with Crippen molar-refractivity contribution < 1.29 is 4.74 Å². The number of aromatic amines is 1. The molecule has 0 aliphatic carbocycles. The predicted octanol–water partition coefficient (Wildman–Crippen LogP) is 4.24. The van der Waals surface area contributed by atoms with E-state index in [1.54, 1.807) is 11.8 Å². The highest BCUT2D eigenvalue weighted by Gasteiger charge is 2.26. The summed E-state index contributed by atoms with van der Waals surface area (Å²) in [5.74, 6) is 0.778. The molecule has 0 amide bonds. The first-order valence-corrected chi connectivity index (χ1v) is 12.1. The molecule has 2 aromatic carbocycles. The van der Waals surface area contributed by atoms with Gasteiger partial charge in [-0.2, -0.15) is 0 Å². The van der Waals surface area contributed by atoms with Crippen LogP contribution in [0.2, 0.25) is 0 Å². The molecule has 2 heterocycles. The minimum Gasteiger partial charge on any atom is -0.383 e. The molecular weight excluding hydrogens is 440 g/mol. The van der Waals surface area contributed by atoms with Crippen LogP contribution < -0.4 is 5.56 Å². The summed E-state index contributed by atoms with van der Waals surface area (Å²) >= 11 is 0. The zero-order valence-corrected chi connectivity index (χ0v) is 21.2. The monoisotopic (exact) mass is 474 g/mol. The van der Waals surface area contributed by atoms with E-state index in [1.807, 2.05) is 12.1 Å². The molecule has 0 bridgehead atoms. The molecule has 1 atom stereocenters. The molecule has 0 unspecified atom stereocenters. The highest BCUT2D eigenvalue weighted by atomic mass is 16.5. The summed E-state index contributed by atoms with van der Waals surface area (Å²) in [6.45, 7) is 10.6. The van der Waals surface area contributed by atoms with Crippen LogP contribution in [-0.4, -0.2) is 43.8 Å². The van der Waals surface area contributed by atoms with E-state index in [1.165, 1.54) is 16.7 Å². The zero-order chi connectivity index (χ0) is 24.9. The third-order valence-electron chi connectivity index (χ3n) is 6.61. The van der Waals surface area contributed by atoms with E-state index >= 15 is 0 Å². The number of methoxy groups -OCH3 is 1. The minimum absolute atomic E-state index is 0.0662. The highest BCUT2D eigenvalue weighted by Crippen LogP contribution is 2.27. The summed E-state index contributed by atoms with van der Waals surface area (Å²) in [6.07, 6.45) is 0.795. The lowest BCUT2D eigenvalue weighted by molar-refractivity contribution is 0.151. The summed E-state index contributed by atoms with van der Waals surface area (Å²) in [5.41, 5.74) is 6.28. The second-order valence-electron chi connectivity index (χ2n) is 9.22. The Labute approximate surface area is 205 Å². The van der Waals surface area contributed by atoms with Crippen molar-refractivity contribution in [2.75, 3.05) is 13.7 Å².